The summed E-state index contributed by atoms with van der Waals surface area (Å²) in [6.45, 7) is 1.71. The van der Waals surface area contributed by atoms with E-state index in [2.05, 4.69) is 0 Å². The van der Waals surface area contributed by atoms with Gasteiger partial charge in [-0.3, -0.25) is 4.79 Å². The third-order valence-corrected chi connectivity index (χ3v) is 2.96. The van der Waals surface area contributed by atoms with E-state index in [1.165, 1.54) is 6.08 Å². The maximum absolute atomic E-state index is 11.5. The standard InChI is InChI=1S/C16H14O3/c1-2-12(17)10-15(16(18)19)14-9-5-7-11-6-3-4-8-13(11)14/h3-10H,2H2,1H3,(H,18,19)/b15-10+. The molecule has 2 aromatic rings. The van der Waals surface area contributed by atoms with Gasteiger partial charge in [0, 0.05) is 6.42 Å². The number of allylic oxidation sites excluding steroid dienone is 1. The Kier molecular flexibility index (Phi) is 3.76. The van der Waals surface area contributed by atoms with Gasteiger partial charge in [0.25, 0.3) is 0 Å². The lowest BCUT2D eigenvalue weighted by Gasteiger charge is -2.07. The highest BCUT2D eigenvalue weighted by atomic mass is 16.4. The Morgan fingerprint density at radius 3 is 2.47 bits per heavy atom. The van der Waals surface area contributed by atoms with E-state index in [1.54, 1.807) is 19.1 Å². The zero-order chi connectivity index (χ0) is 13.8. The van der Waals surface area contributed by atoms with Crippen LogP contribution in [0.2, 0.25) is 0 Å². The summed E-state index contributed by atoms with van der Waals surface area (Å²) in [4.78, 5) is 22.9. The van der Waals surface area contributed by atoms with Crippen LogP contribution in [0, 0.1) is 0 Å². The monoisotopic (exact) mass is 254 g/mol. The maximum Gasteiger partial charge on any atom is 0.336 e. The Bertz CT molecular complexity index is 663. The lowest BCUT2D eigenvalue weighted by Crippen LogP contribution is -2.03. The highest BCUT2D eigenvalue weighted by Crippen LogP contribution is 2.25. The number of carbonyl (C=O) groups is 2. The van der Waals surface area contributed by atoms with Gasteiger partial charge in [-0.1, -0.05) is 49.4 Å². The molecule has 0 aliphatic heterocycles. The van der Waals surface area contributed by atoms with Crippen molar-refractivity contribution in [1.29, 1.82) is 0 Å². The maximum atomic E-state index is 11.5. The molecule has 2 aromatic carbocycles. The third-order valence-electron chi connectivity index (χ3n) is 2.96. The molecule has 0 aromatic heterocycles. The van der Waals surface area contributed by atoms with Crippen molar-refractivity contribution in [3.8, 4) is 0 Å². The third kappa shape index (κ3) is 2.71. The molecule has 0 amide bonds. The summed E-state index contributed by atoms with van der Waals surface area (Å²) >= 11 is 0. The van der Waals surface area contributed by atoms with Gasteiger partial charge in [0.2, 0.25) is 0 Å². The van der Waals surface area contributed by atoms with Crippen molar-refractivity contribution in [1.82, 2.24) is 0 Å². The number of hydrogen-bond acceptors (Lipinski definition) is 2. The van der Waals surface area contributed by atoms with E-state index in [9.17, 15) is 14.7 Å². The summed E-state index contributed by atoms with van der Waals surface area (Å²) < 4.78 is 0. The zero-order valence-electron chi connectivity index (χ0n) is 10.6. The summed E-state index contributed by atoms with van der Waals surface area (Å²) in [6.07, 6.45) is 1.51. The van der Waals surface area contributed by atoms with Crippen LogP contribution in [-0.4, -0.2) is 16.9 Å². The van der Waals surface area contributed by atoms with Gasteiger partial charge in [-0.15, -0.1) is 0 Å². The second-order valence-corrected chi connectivity index (χ2v) is 4.21. The molecule has 0 saturated carbocycles. The molecule has 0 fully saturated rings. The van der Waals surface area contributed by atoms with Crippen molar-refractivity contribution < 1.29 is 14.7 Å². The highest BCUT2D eigenvalue weighted by Gasteiger charge is 2.14. The smallest absolute Gasteiger partial charge is 0.336 e. The van der Waals surface area contributed by atoms with Gasteiger partial charge in [-0.25, -0.2) is 4.79 Å². The number of benzene rings is 2. The van der Waals surface area contributed by atoms with Crippen LogP contribution in [0.4, 0.5) is 0 Å². The van der Waals surface area contributed by atoms with E-state index in [0.717, 1.165) is 10.8 Å². The molecular formula is C16H14O3. The number of carboxylic acids is 1. The molecule has 0 saturated heterocycles. The van der Waals surface area contributed by atoms with Crippen molar-refractivity contribution in [2.75, 3.05) is 0 Å². The molecule has 0 spiro atoms. The summed E-state index contributed by atoms with van der Waals surface area (Å²) in [6, 6.07) is 13.0. The van der Waals surface area contributed by atoms with Crippen molar-refractivity contribution in [2.24, 2.45) is 0 Å². The molecule has 0 aliphatic rings. The van der Waals surface area contributed by atoms with Crippen molar-refractivity contribution >= 4 is 28.1 Å². The summed E-state index contributed by atoms with van der Waals surface area (Å²) in [5, 5.41) is 11.1. The van der Waals surface area contributed by atoms with Crippen molar-refractivity contribution in [3.63, 3.8) is 0 Å². The minimum atomic E-state index is -1.09. The Morgan fingerprint density at radius 2 is 1.79 bits per heavy atom. The van der Waals surface area contributed by atoms with Gasteiger partial charge in [0.05, 0.1) is 5.57 Å². The zero-order valence-corrected chi connectivity index (χ0v) is 10.6. The Hall–Kier alpha value is -2.42. The summed E-state index contributed by atoms with van der Waals surface area (Å²) in [7, 11) is 0. The van der Waals surface area contributed by atoms with Crippen LogP contribution in [0.3, 0.4) is 0 Å². The number of fused-ring (bicyclic) bond motifs is 1. The highest BCUT2D eigenvalue weighted by molar-refractivity contribution is 6.23. The quantitative estimate of drug-likeness (QED) is 0.852. The number of ketones is 1. The van der Waals surface area contributed by atoms with Crippen LogP contribution < -0.4 is 0 Å². The first-order valence-electron chi connectivity index (χ1n) is 6.09. The largest absolute Gasteiger partial charge is 0.478 e. The fourth-order valence-electron chi connectivity index (χ4n) is 1.98. The molecule has 0 bridgehead atoms. The predicted molar refractivity (Wildman–Crippen MR) is 74.9 cm³/mol. The number of carbonyl (C=O) groups excluding carboxylic acids is 1. The fraction of sp³-hybridized carbons (Fsp3) is 0.125. The van der Waals surface area contributed by atoms with Crippen LogP contribution in [-0.2, 0) is 9.59 Å². The molecule has 0 aliphatic carbocycles. The van der Waals surface area contributed by atoms with E-state index >= 15 is 0 Å². The normalized spacial score (nSPS) is 11.5. The minimum absolute atomic E-state index is 0.0450. The molecule has 96 valence electrons. The predicted octanol–water partition coefficient (Wildman–Crippen LogP) is 3.29. The number of aliphatic carboxylic acids is 1. The second-order valence-electron chi connectivity index (χ2n) is 4.21. The van der Waals surface area contributed by atoms with Gasteiger partial charge in [-0.2, -0.15) is 0 Å². The first-order valence-corrected chi connectivity index (χ1v) is 6.09. The number of hydrogen-bond donors (Lipinski definition) is 1. The van der Waals surface area contributed by atoms with E-state index in [-0.39, 0.29) is 11.4 Å². The molecule has 0 radical (unpaired) electrons. The topological polar surface area (TPSA) is 54.4 Å². The average molecular weight is 254 g/mol. The minimum Gasteiger partial charge on any atom is -0.478 e. The lowest BCUT2D eigenvalue weighted by molar-refractivity contribution is -0.130. The van der Waals surface area contributed by atoms with Crippen molar-refractivity contribution in [3.05, 3.63) is 54.1 Å². The number of carboxylic acid groups (broad SMARTS) is 1. The second kappa shape index (κ2) is 5.48. The van der Waals surface area contributed by atoms with E-state index in [0.29, 0.717) is 12.0 Å². The van der Waals surface area contributed by atoms with Crippen LogP contribution >= 0.6 is 0 Å². The molecule has 0 unspecified atom stereocenters. The molecule has 1 N–H and O–H groups in total. The van der Waals surface area contributed by atoms with Crippen LogP contribution in [0.1, 0.15) is 18.9 Å². The molecule has 0 heterocycles. The Labute approximate surface area is 111 Å². The van der Waals surface area contributed by atoms with Crippen LogP contribution in [0.15, 0.2) is 48.5 Å². The SMILES string of the molecule is CCC(=O)/C=C(/C(=O)O)c1cccc2ccccc12. The van der Waals surface area contributed by atoms with Crippen LogP contribution in [0.5, 0.6) is 0 Å². The van der Waals surface area contributed by atoms with Gasteiger partial charge >= 0.3 is 5.97 Å². The lowest BCUT2D eigenvalue weighted by atomic mass is 9.97. The Morgan fingerprint density at radius 1 is 1.11 bits per heavy atom. The molecule has 19 heavy (non-hydrogen) atoms. The molecule has 3 nitrogen and oxygen atoms in total. The summed E-state index contributed by atoms with van der Waals surface area (Å²) in [5.41, 5.74) is 0.621. The van der Waals surface area contributed by atoms with Gasteiger partial charge in [-0.05, 0) is 22.4 Å². The molecule has 3 heteroatoms. The first-order chi connectivity index (χ1) is 9.13. The average Bonchev–Trinajstić information content (AvgIpc) is 2.43. The van der Waals surface area contributed by atoms with Crippen molar-refractivity contribution in [2.45, 2.75) is 13.3 Å². The van der Waals surface area contributed by atoms with Crippen LogP contribution in [0.25, 0.3) is 16.3 Å². The Balaban J connectivity index is 2.67. The van der Waals surface area contributed by atoms with E-state index in [1.807, 2.05) is 30.3 Å². The number of rotatable bonds is 4. The fourth-order valence-corrected chi connectivity index (χ4v) is 1.98. The van der Waals surface area contributed by atoms with Gasteiger partial charge in [0.1, 0.15) is 0 Å². The first kappa shape index (κ1) is 13.0. The van der Waals surface area contributed by atoms with E-state index in [4.69, 9.17) is 0 Å². The van der Waals surface area contributed by atoms with E-state index < -0.39 is 5.97 Å². The molecule has 2 rings (SSSR count). The molecule has 0 atom stereocenters. The summed E-state index contributed by atoms with van der Waals surface area (Å²) in [5.74, 6) is -1.27. The van der Waals surface area contributed by atoms with Gasteiger partial charge in [0.15, 0.2) is 5.78 Å². The van der Waals surface area contributed by atoms with Gasteiger partial charge < -0.3 is 5.11 Å². The molecular weight excluding hydrogens is 240 g/mol.